The van der Waals surface area contributed by atoms with Crippen molar-refractivity contribution in [3.63, 3.8) is 0 Å². The number of rotatable bonds is 3. The minimum atomic E-state index is 0.300. The van der Waals surface area contributed by atoms with Gasteiger partial charge < -0.3 is 5.32 Å². The van der Waals surface area contributed by atoms with Crippen LogP contribution in [0.1, 0.15) is 52.9 Å². The van der Waals surface area contributed by atoms with Crippen molar-refractivity contribution >= 4 is 6.41 Å². The molecule has 0 aliphatic heterocycles. The van der Waals surface area contributed by atoms with E-state index in [9.17, 15) is 4.79 Å². The Labute approximate surface area is 111 Å². The fourth-order valence-corrected chi connectivity index (χ4v) is 4.46. The van der Waals surface area contributed by atoms with E-state index in [1.54, 1.807) is 0 Å². The van der Waals surface area contributed by atoms with Crippen LogP contribution in [-0.2, 0) is 4.79 Å². The largest absolute Gasteiger partial charge is 0.355 e. The Kier molecular flexibility index (Phi) is 3.84. The molecule has 1 amide bonds. The van der Waals surface area contributed by atoms with Crippen LogP contribution in [0.15, 0.2) is 12.2 Å². The van der Waals surface area contributed by atoms with Gasteiger partial charge in [0.2, 0.25) is 6.41 Å². The number of fused-ring (bicyclic) bond motifs is 1. The third kappa shape index (κ3) is 2.22. The highest BCUT2D eigenvalue weighted by Gasteiger charge is 2.49. The number of nitrogens with one attached hydrogen (secondary N) is 1. The predicted molar refractivity (Wildman–Crippen MR) is 75.1 cm³/mol. The zero-order valence-electron chi connectivity index (χ0n) is 12.0. The molecule has 1 N–H and O–H groups in total. The molecule has 0 spiro atoms. The van der Waals surface area contributed by atoms with E-state index < -0.39 is 0 Å². The lowest BCUT2D eigenvalue weighted by Crippen LogP contribution is -2.55. The predicted octanol–water partition coefficient (Wildman–Crippen LogP) is 3.53. The van der Waals surface area contributed by atoms with Gasteiger partial charge in [0.15, 0.2) is 0 Å². The smallest absolute Gasteiger partial charge is 0.207 e. The summed E-state index contributed by atoms with van der Waals surface area (Å²) in [6.45, 7) is 11.3. The average Bonchev–Trinajstić information content (AvgIpc) is 2.28. The molecular weight excluding hydrogens is 222 g/mol. The molecular formula is C16H27NO. The average molecular weight is 249 g/mol. The van der Waals surface area contributed by atoms with Crippen molar-refractivity contribution in [1.82, 2.24) is 5.32 Å². The Morgan fingerprint density at radius 2 is 2.17 bits per heavy atom. The Morgan fingerprint density at radius 3 is 2.78 bits per heavy atom. The Balaban J connectivity index is 2.30. The van der Waals surface area contributed by atoms with Gasteiger partial charge >= 0.3 is 0 Å². The first kappa shape index (κ1) is 13.6. The van der Waals surface area contributed by atoms with Gasteiger partial charge in [-0.3, -0.25) is 4.79 Å². The molecule has 2 rings (SSSR count). The maximum atomic E-state index is 11.0. The Hall–Kier alpha value is -0.790. The normalized spacial score (nSPS) is 40.4. The molecule has 2 aliphatic rings. The number of hydrogen-bond acceptors (Lipinski definition) is 1. The van der Waals surface area contributed by atoms with Gasteiger partial charge in [-0.05, 0) is 49.4 Å². The zero-order valence-corrected chi connectivity index (χ0v) is 12.0. The first-order chi connectivity index (χ1) is 8.49. The summed E-state index contributed by atoms with van der Waals surface area (Å²) in [5.41, 5.74) is 1.73. The van der Waals surface area contributed by atoms with Crippen LogP contribution in [0.25, 0.3) is 0 Å². The maximum absolute atomic E-state index is 11.0. The number of hydrogen-bond donors (Lipinski definition) is 1. The van der Waals surface area contributed by atoms with Crippen LogP contribution >= 0.6 is 0 Å². The summed E-state index contributed by atoms with van der Waals surface area (Å²) < 4.78 is 0. The van der Waals surface area contributed by atoms with Gasteiger partial charge in [0.05, 0.1) is 0 Å². The zero-order chi connectivity index (χ0) is 13.3. The van der Waals surface area contributed by atoms with Crippen LogP contribution < -0.4 is 5.32 Å². The van der Waals surface area contributed by atoms with Gasteiger partial charge in [-0.1, -0.05) is 32.9 Å². The number of amides is 1. The van der Waals surface area contributed by atoms with Gasteiger partial charge in [0.25, 0.3) is 0 Å². The SMILES string of the molecule is C=C1CCC[C@]2(C)CC[C@@H](C(C)C)[C@H](NC=O)[C@@H]12. The second kappa shape index (κ2) is 5.07. The molecule has 2 nitrogen and oxygen atoms in total. The van der Waals surface area contributed by atoms with E-state index in [4.69, 9.17) is 0 Å². The van der Waals surface area contributed by atoms with Crippen molar-refractivity contribution in [3.05, 3.63) is 12.2 Å². The maximum Gasteiger partial charge on any atom is 0.207 e. The first-order valence-corrected chi connectivity index (χ1v) is 7.37. The van der Waals surface area contributed by atoms with Crippen molar-refractivity contribution in [2.24, 2.45) is 23.2 Å². The summed E-state index contributed by atoms with van der Waals surface area (Å²) in [5.74, 6) is 1.71. The molecule has 0 aromatic rings. The lowest BCUT2D eigenvalue weighted by Gasteiger charge is -2.54. The molecule has 0 heterocycles. The van der Waals surface area contributed by atoms with E-state index in [2.05, 4.69) is 32.7 Å². The van der Waals surface area contributed by atoms with Gasteiger partial charge in [-0.2, -0.15) is 0 Å². The molecule has 0 unspecified atom stereocenters. The topological polar surface area (TPSA) is 29.1 Å². The number of carbonyl (C=O) groups excluding carboxylic acids is 1. The quantitative estimate of drug-likeness (QED) is 0.601. The van der Waals surface area contributed by atoms with E-state index >= 15 is 0 Å². The highest BCUT2D eigenvalue weighted by Crippen LogP contribution is 2.54. The van der Waals surface area contributed by atoms with Crippen molar-refractivity contribution in [2.75, 3.05) is 0 Å². The van der Waals surface area contributed by atoms with Gasteiger partial charge in [0, 0.05) is 12.0 Å². The van der Waals surface area contributed by atoms with E-state index in [0.717, 1.165) is 12.8 Å². The van der Waals surface area contributed by atoms with E-state index in [1.807, 2.05) is 0 Å². The van der Waals surface area contributed by atoms with Crippen molar-refractivity contribution in [1.29, 1.82) is 0 Å². The Bertz CT molecular complexity index is 336. The van der Waals surface area contributed by atoms with Crippen LogP contribution in [-0.4, -0.2) is 12.5 Å². The van der Waals surface area contributed by atoms with E-state index in [-0.39, 0.29) is 0 Å². The Morgan fingerprint density at radius 1 is 1.44 bits per heavy atom. The van der Waals surface area contributed by atoms with Gasteiger partial charge in [-0.25, -0.2) is 0 Å². The van der Waals surface area contributed by atoms with Crippen LogP contribution in [0.5, 0.6) is 0 Å². The van der Waals surface area contributed by atoms with Crippen molar-refractivity contribution < 1.29 is 4.79 Å². The van der Waals surface area contributed by atoms with Crippen molar-refractivity contribution in [3.8, 4) is 0 Å². The molecule has 0 bridgehead atoms. The van der Waals surface area contributed by atoms with Crippen LogP contribution in [0.4, 0.5) is 0 Å². The summed E-state index contributed by atoms with van der Waals surface area (Å²) in [6.07, 6.45) is 7.13. The highest BCUT2D eigenvalue weighted by molar-refractivity contribution is 5.47. The lowest BCUT2D eigenvalue weighted by atomic mass is 9.53. The third-order valence-corrected chi connectivity index (χ3v) is 5.42. The highest BCUT2D eigenvalue weighted by atomic mass is 16.1. The minimum Gasteiger partial charge on any atom is -0.355 e. The minimum absolute atomic E-state index is 0.300. The molecule has 0 aromatic carbocycles. The summed E-state index contributed by atoms with van der Waals surface area (Å²) in [7, 11) is 0. The summed E-state index contributed by atoms with van der Waals surface area (Å²) >= 11 is 0. The standard InChI is InChI=1S/C16H27NO/c1-11(2)13-7-9-16(4)8-5-6-12(3)14(16)15(13)17-10-18/h10-11,13-15H,3,5-9H2,1-2,4H3,(H,17,18)/t13-,14+,15-,16+/m0/s1. The molecule has 102 valence electrons. The molecule has 2 aliphatic carbocycles. The van der Waals surface area contributed by atoms with Crippen LogP contribution in [0, 0.1) is 23.2 Å². The van der Waals surface area contributed by atoms with Crippen LogP contribution in [0.2, 0.25) is 0 Å². The van der Waals surface area contributed by atoms with E-state index in [1.165, 1.54) is 31.3 Å². The fraction of sp³-hybridized carbons (Fsp3) is 0.812. The monoisotopic (exact) mass is 249 g/mol. The molecule has 2 fully saturated rings. The molecule has 4 atom stereocenters. The summed E-state index contributed by atoms with van der Waals surface area (Å²) in [6, 6.07) is 0.300. The van der Waals surface area contributed by atoms with Gasteiger partial charge in [0.1, 0.15) is 0 Å². The summed E-state index contributed by atoms with van der Waals surface area (Å²) in [5, 5.41) is 3.13. The third-order valence-electron chi connectivity index (χ3n) is 5.42. The summed E-state index contributed by atoms with van der Waals surface area (Å²) in [4.78, 5) is 11.0. The molecule has 2 heteroatoms. The first-order valence-electron chi connectivity index (χ1n) is 7.37. The molecule has 2 saturated carbocycles. The van der Waals surface area contributed by atoms with Crippen molar-refractivity contribution in [2.45, 2.75) is 58.9 Å². The second-order valence-electron chi connectivity index (χ2n) is 6.90. The molecule has 0 radical (unpaired) electrons. The molecule has 0 saturated heterocycles. The molecule has 18 heavy (non-hydrogen) atoms. The number of carbonyl (C=O) groups is 1. The van der Waals surface area contributed by atoms with Crippen LogP contribution in [0.3, 0.4) is 0 Å². The second-order valence-corrected chi connectivity index (χ2v) is 6.90. The van der Waals surface area contributed by atoms with Gasteiger partial charge in [-0.15, -0.1) is 0 Å². The van der Waals surface area contributed by atoms with E-state index in [0.29, 0.717) is 29.2 Å². The molecule has 0 aromatic heterocycles. The fourth-order valence-electron chi connectivity index (χ4n) is 4.46. The lowest BCUT2D eigenvalue weighted by molar-refractivity contribution is -0.112.